The molecule has 116 valence electrons. The molecule has 0 saturated heterocycles. The van der Waals surface area contributed by atoms with Gasteiger partial charge in [0.2, 0.25) is 0 Å². The van der Waals surface area contributed by atoms with Gasteiger partial charge < -0.3 is 14.6 Å². The standard InChI is InChI=1S/C15H21NO5/c1-15(2,3)21-14(19)16-11-7-5-10(6-8-13(17)18)9-12(11)20-4/h5,7,9H,6,8H2,1-4H3,(H,16,19)(H,17,18). The zero-order chi connectivity index (χ0) is 16.0. The van der Waals surface area contributed by atoms with Crippen molar-refractivity contribution in [2.75, 3.05) is 12.4 Å². The largest absolute Gasteiger partial charge is 0.495 e. The molecule has 0 spiro atoms. The van der Waals surface area contributed by atoms with Gasteiger partial charge in [-0.1, -0.05) is 6.07 Å². The third-order valence-electron chi connectivity index (χ3n) is 2.53. The Morgan fingerprint density at radius 2 is 1.95 bits per heavy atom. The zero-order valence-electron chi connectivity index (χ0n) is 12.7. The van der Waals surface area contributed by atoms with Crippen LogP contribution in [0.25, 0.3) is 0 Å². The van der Waals surface area contributed by atoms with Crippen LogP contribution in [0.4, 0.5) is 10.5 Å². The van der Waals surface area contributed by atoms with Gasteiger partial charge in [-0.05, 0) is 44.9 Å². The number of methoxy groups -OCH3 is 1. The van der Waals surface area contributed by atoms with Gasteiger partial charge >= 0.3 is 12.1 Å². The molecule has 0 atom stereocenters. The molecule has 1 aromatic carbocycles. The molecule has 0 aliphatic heterocycles. The Balaban J connectivity index is 2.79. The van der Waals surface area contributed by atoms with Crippen LogP contribution >= 0.6 is 0 Å². The third-order valence-corrected chi connectivity index (χ3v) is 2.53. The number of carboxylic acids is 1. The van der Waals surface area contributed by atoms with Gasteiger partial charge in [-0.2, -0.15) is 0 Å². The summed E-state index contributed by atoms with van der Waals surface area (Å²) in [5, 5.41) is 11.3. The Labute approximate surface area is 124 Å². The molecule has 0 fully saturated rings. The number of aliphatic carboxylic acids is 1. The summed E-state index contributed by atoms with van der Waals surface area (Å²) in [6, 6.07) is 5.12. The molecule has 0 bridgehead atoms. The highest BCUT2D eigenvalue weighted by Crippen LogP contribution is 2.26. The molecule has 0 unspecified atom stereocenters. The molecular formula is C15H21NO5. The number of anilines is 1. The maximum Gasteiger partial charge on any atom is 0.412 e. The van der Waals surface area contributed by atoms with Crippen LogP contribution in [-0.2, 0) is 16.0 Å². The average molecular weight is 295 g/mol. The smallest absolute Gasteiger partial charge is 0.412 e. The highest BCUT2D eigenvalue weighted by molar-refractivity contribution is 5.87. The first-order valence-electron chi connectivity index (χ1n) is 6.60. The maximum absolute atomic E-state index is 11.7. The van der Waals surface area contributed by atoms with E-state index in [9.17, 15) is 9.59 Å². The lowest BCUT2D eigenvalue weighted by Gasteiger charge is -2.20. The summed E-state index contributed by atoms with van der Waals surface area (Å²) >= 11 is 0. The summed E-state index contributed by atoms with van der Waals surface area (Å²) in [7, 11) is 1.48. The number of amides is 1. The molecule has 1 aromatic rings. The van der Waals surface area contributed by atoms with Gasteiger partial charge in [0.1, 0.15) is 11.4 Å². The number of carboxylic acid groups (broad SMARTS) is 1. The molecule has 2 N–H and O–H groups in total. The highest BCUT2D eigenvalue weighted by Gasteiger charge is 2.17. The second kappa shape index (κ2) is 6.97. The molecule has 0 saturated carbocycles. The van der Waals surface area contributed by atoms with Crippen molar-refractivity contribution in [3.63, 3.8) is 0 Å². The van der Waals surface area contributed by atoms with Crippen molar-refractivity contribution < 1.29 is 24.2 Å². The second-order valence-electron chi connectivity index (χ2n) is 5.56. The van der Waals surface area contributed by atoms with Gasteiger partial charge in [-0.25, -0.2) is 4.79 Å². The number of carbonyl (C=O) groups excluding carboxylic acids is 1. The number of benzene rings is 1. The fraction of sp³-hybridized carbons (Fsp3) is 0.467. The van der Waals surface area contributed by atoms with Crippen LogP contribution in [-0.4, -0.2) is 29.9 Å². The lowest BCUT2D eigenvalue weighted by molar-refractivity contribution is -0.136. The summed E-state index contributed by atoms with van der Waals surface area (Å²) in [5.74, 6) is -0.395. The Hall–Kier alpha value is -2.24. The first-order valence-corrected chi connectivity index (χ1v) is 6.60. The molecule has 0 aliphatic carbocycles. The van der Waals surface area contributed by atoms with E-state index >= 15 is 0 Å². The van der Waals surface area contributed by atoms with Crippen LogP contribution in [0, 0.1) is 0 Å². The number of hydrogen-bond acceptors (Lipinski definition) is 4. The molecule has 1 amide bonds. The Morgan fingerprint density at radius 3 is 2.48 bits per heavy atom. The minimum Gasteiger partial charge on any atom is -0.495 e. The normalized spacial score (nSPS) is 10.9. The van der Waals surface area contributed by atoms with Crippen molar-refractivity contribution in [2.45, 2.75) is 39.2 Å². The molecule has 6 heteroatoms. The third kappa shape index (κ3) is 6.16. The van der Waals surface area contributed by atoms with Crippen LogP contribution in [0.5, 0.6) is 5.75 Å². The molecule has 6 nitrogen and oxygen atoms in total. The number of nitrogens with one attached hydrogen (secondary N) is 1. The molecular weight excluding hydrogens is 274 g/mol. The molecule has 0 radical (unpaired) electrons. The number of hydrogen-bond donors (Lipinski definition) is 2. The minimum atomic E-state index is -0.857. The fourth-order valence-electron chi connectivity index (χ4n) is 1.66. The molecule has 21 heavy (non-hydrogen) atoms. The topological polar surface area (TPSA) is 84.9 Å². The van der Waals surface area contributed by atoms with Gasteiger partial charge in [0, 0.05) is 6.42 Å². The van der Waals surface area contributed by atoms with Crippen LogP contribution < -0.4 is 10.1 Å². The van der Waals surface area contributed by atoms with Crippen molar-refractivity contribution in [1.29, 1.82) is 0 Å². The van der Waals surface area contributed by atoms with Crippen LogP contribution in [0.1, 0.15) is 32.8 Å². The SMILES string of the molecule is COc1cc(CCC(=O)O)ccc1NC(=O)OC(C)(C)C. The summed E-state index contributed by atoms with van der Waals surface area (Å²) in [6.07, 6.45) is -0.125. The van der Waals surface area contributed by atoms with Crippen molar-refractivity contribution in [1.82, 2.24) is 0 Å². The molecule has 0 aromatic heterocycles. The number of rotatable bonds is 5. The van der Waals surface area contributed by atoms with E-state index in [2.05, 4.69) is 5.32 Å². The lowest BCUT2D eigenvalue weighted by Crippen LogP contribution is -2.27. The van der Waals surface area contributed by atoms with Crippen molar-refractivity contribution in [3.05, 3.63) is 23.8 Å². The lowest BCUT2D eigenvalue weighted by atomic mass is 10.1. The van der Waals surface area contributed by atoms with E-state index in [1.165, 1.54) is 7.11 Å². The summed E-state index contributed by atoms with van der Waals surface area (Å²) < 4.78 is 10.4. The van der Waals surface area contributed by atoms with Gasteiger partial charge in [-0.3, -0.25) is 10.1 Å². The van der Waals surface area contributed by atoms with Crippen LogP contribution in [0.3, 0.4) is 0 Å². The van der Waals surface area contributed by atoms with E-state index in [1.807, 2.05) is 0 Å². The number of aryl methyl sites for hydroxylation is 1. The van der Waals surface area contributed by atoms with Gasteiger partial charge in [0.05, 0.1) is 12.8 Å². The highest BCUT2D eigenvalue weighted by atomic mass is 16.6. The van der Waals surface area contributed by atoms with Gasteiger partial charge in [0.15, 0.2) is 0 Å². The molecule has 1 rings (SSSR count). The number of carbonyl (C=O) groups is 2. The fourth-order valence-corrected chi connectivity index (χ4v) is 1.66. The quantitative estimate of drug-likeness (QED) is 0.872. The zero-order valence-corrected chi connectivity index (χ0v) is 12.7. The van der Waals surface area contributed by atoms with Crippen molar-refractivity contribution in [3.8, 4) is 5.75 Å². The first kappa shape index (κ1) is 16.8. The van der Waals surface area contributed by atoms with Crippen LogP contribution in [0.2, 0.25) is 0 Å². The summed E-state index contributed by atoms with van der Waals surface area (Å²) in [6.45, 7) is 5.33. The summed E-state index contributed by atoms with van der Waals surface area (Å²) in [5.41, 5.74) is 0.716. The minimum absolute atomic E-state index is 0.0436. The predicted octanol–water partition coefficient (Wildman–Crippen LogP) is 3.06. The molecule has 0 aliphatic rings. The Kier molecular flexibility index (Phi) is 5.58. The average Bonchev–Trinajstić information content (AvgIpc) is 2.35. The number of ether oxygens (including phenoxy) is 2. The monoisotopic (exact) mass is 295 g/mol. The molecule has 0 heterocycles. The van der Waals surface area contributed by atoms with E-state index in [0.717, 1.165) is 5.56 Å². The first-order chi connectivity index (χ1) is 9.71. The van der Waals surface area contributed by atoms with Crippen LogP contribution in [0.15, 0.2) is 18.2 Å². The van der Waals surface area contributed by atoms with Gasteiger partial charge in [0.25, 0.3) is 0 Å². The Morgan fingerprint density at radius 1 is 1.29 bits per heavy atom. The van der Waals surface area contributed by atoms with E-state index in [4.69, 9.17) is 14.6 Å². The van der Waals surface area contributed by atoms with Crippen molar-refractivity contribution >= 4 is 17.7 Å². The van der Waals surface area contributed by atoms with Gasteiger partial charge in [-0.15, -0.1) is 0 Å². The van der Waals surface area contributed by atoms with E-state index in [-0.39, 0.29) is 6.42 Å². The predicted molar refractivity (Wildman–Crippen MR) is 78.8 cm³/mol. The van der Waals surface area contributed by atoms with E-state index < -0.39 is 17.7 Å². The summed E-state index contributed by atoms with van der Waals surface area (Å²) in [4.78, 5) is 22.3. The van der Waals surface area contributed by atoms with Crippen molar-refractivity contribution in [2.24, 2.45) is 0 Å². The second-order valence-corrected chi connectivity index (χ2v) is 5.56. The van der Waals surface area contributed by atoms with E-state index in [1.54, 1.807) is 39.0 Å². The Bertz CT molecular complexity index is 519. The van der Waals surface area contributed by atoms with E-state index in [0.29, 0.717) is 17.9 Å². The maximum atomic E-state index is 11.7.